The summed E-state index contributed by atoms with van der Waals surface area (Å²) in [5, 5.41) is 0. The molecule has 2 heterocycles. The molecule has 0 spiro atoms. The first kappa shape index (κ1) is 14.2. The maximum Gasteiger partial charge on any atom is 0.122 e. The molecule has 2 aromatic rings. The van der Waals surface area contributed by atoms with Gasteiger partial charge in [-0.1, -0.05) is 26.0 Å². The van der Waals surface area contributed by atoms with E-state index in [2.05, 4.69) is 55.1 Å². The fourth-order valence-corrected chi connectivity index (χ4v) is 2.83. The summed E-state index contributed by atoms with van der Waals surface area (Å²) in [5.41, 5.74) is 10.1. The Bertz CT molecular complexity index is 615. The van der Waals surface area contributed by atoms with Gasteiger partial charge in [0.1, 0.15) is 5.75 Å². The van der Waals surface area contributed by atoms with Crippen molar-refractivity contribution in [3.05, 3.63) is 53.3 Å². The van der Waals surface area contributed by atoms with E-state index in [0.717, 1.165) is 31.7 Å². The molecule has 1 aliphatic rings. The Morgan fingerprint density at radius 2 is 2.14 bits per heavy atom. The second kappa shape index (κ2) is 5.94. The van der Waals surface area contributed by atoms with Crippen molar-refractivity contribution in [2.24, 2.45) is 11.7 Å². The van der Waals surface area contributed by atoms with Crippen LogP contribution in [0.5, 0.6) is 5.75 Å². The SMILES string of the molecule is CC(C)C(N)c1ccn(CCc2ccc3c(c2)CCO3)c1. The Morgan fingerprint density at radius 1 is 1.29 bits per heavy atom. The third kappa shape index (κ3) is 3.13. The predicted molar refractivity (Wildman–Crippen MR) is 85.5 cm³/mol. The summed E-state index contributed by atoms with van der Waals surface area (Å²) in [5.74, 6) is 1.53. The molecule has 1 aromatic carbocycles. The Labute approximate surface area is 126 Å². The van der Waals surface area contributed by atoms with Gasteiger partial charge in [-0.25, -0.2) is 0 Å². The molecule has 0 amide bonds. The summed E-state index contributed by atoms with van der Waals surface area (Å²) in [6.07, 6.45) is 6.40. The van der Waals surface area contributed by atoms with Gasteiger partial charge in [0.2, 0.25) is 0 Å². The zero-order valence-electron chi connectivity index (χ0n) is 12.9. The smallest absolute Gasteiger partial charge is 0.122 e. The molecule has 0 saturated heterocycles. The molecule has 3 nitrogen and oxygen atoms in total. The first-order valence-corrected chi connectivity index (χ1v) is 7.79. The highest BCUT2D eigenvalue weighted by Crippen LogP contribution is 2.26. The topological polar surface area (TPSA) is 40.2 Å². The molecule has 0 fully saturated rings. The van der Waals surface area contributed by atoms with E-state index < -0.39 is 0 Å². The molecular weight excluding hydrogens is 260 g/mol. The van der Waals surface area contributed by atoms with Crippen LogP contribution >= 0.6 is 0 Å². The number of hydrogen-bond acceptors (Lipinski definition) is 2. The quantitative estimate of drug-likeness (QED) is 0.915. The molecule has 0 radical (unpaired) electrons. The van der Waals surface area contributed by atoms with Gasteiger partial charge in [0.15, 0.2) is 0 Å². The van der Waals surface area contributed by atoms with Gasteiger partial charge in [-0.2, -0.15) is 0 Å². The van der Waals surface area contributed by atoms with E-state index in [4.69, 9.17) is 10.5 Å². The van der Waals surface area contributed by atoms with E-state index >= 15 is 0 Å². The van der Waals surface area contributed by atoms with E-state index in [1.54, 1.807) is 0 Å². The summed E-state index contributed by atoms with van der Waals surface area (Å²) in [7, 11) is 0. The summed E-state index contributed by atoms with van der Waals surface area (Å²) in [6, 6.07) is 8.83. The van der Waals surface area contributed by atoms with Gasteiger partial charge < -0.3 is 15.0 Å². The van der Waals surface area contributed by atoms with Crippen LogP contribution in [0.15, 0.2) is 36.7 Å². The van der Waals surface area contributed by atoms with Gasteiger partial charge in [0, 0.05) is 31.4 Å². The van der Waals surface area contributed by atoms with Gasteiger partial charge in [0.05, 0.1) is 6.61 Å². The van der Waals surface area contributed by atoms with Crippen molar-refractivity contribution in [2.45, 2.75) is 39.3 Å². The third-order valence-electron chi connectivity index (χ3n) is 4.29. The van der Waals surface area contributed by atoms with Crippen molar-refractivity contribution >= 4 is 0 Å². The number of hydrogen-bond donors (Lipinski definition) is 1. The number of rotatable bonds is 5. The minimum atomic E-state index is 0.128. The lowest BCUT2D eigenvalue weighted by Crippen LogP contribution is -2.15. The third-order valence-corrected chi connectivity index (χ3v) is 4.29. The largest absolute Gasteiger partial charge is 0.493 e. The van der Waals surface area contributed by atoms with Crippen molar-refractivity contribution in [3.8, 4) is 5.75 Å². The lowest BCUT2D eigenvalue weighted by molar-refractivity contribution is 0.357. The Balaban J connectivity index is 1.63. The minimum absolute atomic E-state index is 0.128. The van der Waals surface area contributed by atoms with E-state index in [0.29, 0.717) is 5.92 Å². The monoisotopic (exact) mass is 284 g/mol. The molecule has 1 aliphatic heterocycles. The molecule has 1 aromatic heterocycles. The highest BCUT2D eigenvalue weighted by atomic mass is 16.5. The van der Waals surface area contributed by atoms with Crippen LogP contribution in [0.4, 0.5) is 0 Å². The van der Waals surface area contributed by atoms with E-state index in [9.17, 15) is 0 Å². The standard InChI is InChI=1S/C18H24N2O/c1-13(2)18(19)16-6-9-20(12-16)8-5-14-3-4-17-15(11-14)7-10-21-17/h3-4,6,9,11-13,18H,5,7-8,10,19H2,1-2H3. The number of nitrogens with zero attached hydrogens (tertiary/aromatic N) is 1. The van der Waals surface area contributed by atoms with Crippen LogP contribution in [-0.2, 0) is 19.4 Å². The number of fused-ring (bicyclic) bond motifs is 1. The number of nitrogens with two attached hydrogens (primary N) is 1. The molecule has 21 heavy (non-hydrogen) atoms. The van der Waals surface area contributed by atoms with E-state index in [1.165, 1.54) is 16.7 Å². The molecule has 0 aliphatic carbocycles. The summed E-state index contributed by atoms with van der Waals surface area (Å²) >= 11 is 0. The summed E-state index contributed by atoms with van der Waals surface area (Å²) in [6.45, 7) is 6.14. The van der Waals surface area contributed by atoms with Crippen LogP contribution in [0.3, 0.4) is 0 Å². The van der Waals surface area contributed by atoms with Gasteiger partial charge >= 0.3 is 0 Å². The van der Waals surface area contributed by atoms with E-state index in [-0.39, 0.29) is 6.04 Å². The van der Waals surface area contributed by atoms with Crippen molar-refractivity contribution in [3.63, 3.8) is 0 Å². The number of ether oxygens (including phenoxy) is 1. The zero-order chi connectivity index (χ0) is 14.8. The number of aromatic nitrogens is 1. The first-order chi connectivity index (χ1) is 10.1. The zero-order valence-corrected chi connectivity index (χ0v) is 12.9. The Morgan fingerprint density at radius 3 is 2.95 bits per heavy atom. The van der Waals surface area contributed by atoms with Gasteiger partial charge in [-0.3, -0.25) is 0 Å². The van der Waals surface area contributed by atoms with Crippen molar-refractivity contribution in [1.29, 1.82) is 0 Å². The van der Waals surface area contributed by atoms with Crippen LogP contribution in [0.1, 0.15) is 36.6 Å². The molecular formula is C18H24N2O. The average Bonchev–Trinajstić information content (AvgIpc) is 3.12. The van der Waals surface area contributed by atoms with Crippen LogP contribution < -0.4 is 10.5 Å². The minimum Gasteiger partial charge on any atom is -0.493 e. The highest BCUT2D eigenvalue weighted by molar-refractivity contribution is 5.39. The Hall–Kier alpha value is -1.74. The molecule has 2 N–H and O–H groups in total. The molecule has 0 saturated carbocycles. The maximum atomic E-state index is 6.19. The second-order valence-electron chi connectivity index (χ2n) is 6.24. The molecule has 112 valence electrons. The van der Waals surface area contributed by atoms with Gasteiger partial charge in [0.25, 0.3) is 0 Å². The average molecular weight is 284 g/mol. The fraction of sp³-hybridized carbons (Fsp3) is 0.444. The van der Waals surface area contributed by atoms with Gasteiger partial charge in [-0.05, 0) is 41.2 Å². The van der Waals surface area contributed by atoms with Crippen molar-refractivity contribution < 1.29 is 4.74 Å². The molecule has 3 heteroatoms. The van der Waals surface area contributed by atoms with Crippen molar-refractivity contribution in [2.75, 3.05) is 6.61 Å². The predicted octanol–water partition coefficient (Wildman–Crippen LogP) is 3.32. The van der Waals surface area contributed by atoms with Crippen LogP contribution in [0.2, 0.25) is 0 Å². The van der Waals surface area contributed by atoms with E-state index in [1.807, 2.05) is 0 Å². The lowest BCUT2D eigenvalue weighted by Gasteiger charge is -2.13. The molecule has 1 unspecified atom stereocenters. The highest BCUT2D eigenvalue weighted by Gasteiger charge is 2.13. The van der Waals surface area contributed by atoms with Crippen LogP contribution in [0.25, 0.3) is 0 Å². The summed E-state index contributed by atoms with van der Waals surface area (Å²) < 4.78 is 7.79. The fourth-order valence-electron chi connectivity index (χ4n) is 2.83. The molecule has 1 atom stereocenters. The van der Waals surface area contributed by atoms with Gasteiger partial charge in [-0.15, -0.1) is 0 Å². The van der Waals surface area contributed by atoms with Crippen LogP contribution in [-0.4, -0.2) is 11.2 Å². The molecule has 3 rings (SSSR count). The second-order valence-corrected chi connectivity index (χ2v) is 6.24. The van der Waals surface area contributed by atoms with Crippen LogP contribution in [0, 0.1) is 5.92 Å². The first-order valence-electron chi connectivity index (χ1n) is 7.79. The maximum absolute atomic E-state index is 6.19. The number of benzene rings is 1. The normalized spacial score (nSPS) is 15.0. The lowest BCUT2D eigenvalue weighted by atomic mass is 10.00. The van der Waals surface area contributed by atoms with Crippen molar-refractivity contribution in [1.82, 2.24) is 4.57 Å². The number of aryl methyl sites for hydroxylation is 2. The molecule has 0 bridgehead atoms. The Kier molecular flexibility index (Phi) is 4.02. The summed E-state index contributed by atoms with van der Waals surface area (Å²) in [4.78, 5) is 0.